The predicted molar refractivity (Wildman–Crippen MR) is 73.1 cm³/mol. The fourth-order valence-corrected chi connectivity index (χ4v) is 3.83. The first-order chi connectivity index (χ1) is 8.83. The van der Waals surface area contributed by atoms with E-state index in [0.29, 0.717) is 6.04 Å². The summed E-state index contributed by atoms with van der Waals surface area (Å²) < 4.78 is 0.906. The Kier molecular flexibility index (Phi) is 3.63. The summed E-state index contributed by atoms with van der Waals surface area (Å²) in [4.78, 5) is 5.57. The first kappa shape index (κ1) is 12.1. The van der Waals surface area contributed by atoms with Crippen molar-refractivity contribution in [3.8, 4) is 0 Å². The molecular weight excluding hydrogens is 268 g/mol. The summed E-state index contributed by atoms with van der Waals surface area (Å²) in [6, 6.07) is 2.56. The lowest BCUT2D eigenvalue weighted by Gasteiger charge is -2.23. The van der Waals surface area contributed by atoms with Crippen LogP contribution in [-0.2, 0) is 12.8 Å². The van der Waals surface area contributed by atoms with Gasteiger partial charge < -0.3 is 5.32 Å². The smallest absolute Gasteiger partial charge is 0.137 e. The molecule has 0 spiro atoms. The number of halogens is 1. The van der Waals surface area contributed by atoms with E-state index in [1.165, 1.54) is 29.7 Å². The molecule has 3 rings (SSSR count). The zero-order valence-electron chi connectivity index (χ0n) is 9.95. The van der Waals surface area contributed by atoms with Crippen LogP contribution in [0.4, 0.5) is 0 Å². The van der Waals surface area contributed by atoms with Crippen molar-refractivity contribution >= 4 is 22.9 Å². The van der Waals surface area contributed by atoms with Crippen LogP contribution in [0, 0.1) is 0 Å². The molecule has 0 aliphatic heterocycles. The van der Waals surface area contributed by atoms with Crippen LogP contribution in [0.15, 0.2) is 12.4 Å². The molecule has 2 aromatic rings. The lowest BCUT2D eigenvalue weighted by Crippen LogP contribution is -2.26. The number of nitrogens with one attached hydrogen (secondary N) is 2. The summed E-state index contributed by atoms with van der Waals surface area (Å²) in [5.74, 6) is 0.932. The maximum Gasteiger partial charge on any atom is 0.137 e. The molecule has 0 saturated heterocycles. The van der Waals surface area contributed by atoms with E-state index >= 15 is 0 Å². The number of nitrogens with zero attached hydrogens (tertiary/aromatic N) is 2. The molecule has 2 N–H and O–H groups in total. The molecule has 0 bridgehead atoms. The molecule has 1 aliphatic rings. The average molecular weight is 283 g/mol. The average Bonchev–Trinajstić information content (AvgIpc) is 2.97. The van der Waals surface area contributed by atoms with Gasteiger partial charge in [0.25, 0.3) is 0 Å². The lowest BCUT2D eigenvalue weighted by molar-refractivity contribution is 0.465. The fraction of sp³-hybridized carbons (Fsp3) is 0.500. The van der Waals surface area contributed by atoms with Crippen LogP contribution in [0.1, 0.15) is 35.1 Å². The van der Waals surface area contributed by atoms with Gasteiger partial charge in [-0.1, -0.05) is 11.6 Å². The zero-order chi connectivity index (χ0) is 12.4. The maximum atomic E-state index is 6.10. The molecule has 2 aromatic heterocycles. The predicted octanol–water partition coefficient (Wildman–Crippen LogP) is 2.73. The van der Waals surface area contributed by atoms with E-state index in [1.54, 1.807) is 17.7 Å². The topological polar surface area (TPSA) is 53.6 Å². The second kappa shape index (κ2) is 5.38. The highest BCUT2D eigenvalue weighted by Gasteiger charge is 2.22. The number of hydrogen-bond acceptors (Lipinski definition) is 4. The normalized spacial score (nSPS) is 18.8. The third-order valence-corrected chi connectivity index (χ3v) is 4.64. The number of hydrogen-bond donors (Lipinski definition) is 2. The van der Waals surface area contributed by atoms with Gasteiger partial charge in [-0.3, -0.25) is 5.10 Å². The fourth-order valence-electron chi connectivity index (χ4n) is 2.45. The van der Waals surface area contributed by atoms with Crippen molar-refractivity contribution in [2.24, 2.45) is 0 Å². The number of rotatable bonds is 4. The zero-order valence-corrected chi connectivity index (χ0v) is 11.5. The van der Waals surface area contributed by atoms with Crippen LogP contribution in [0.5, 0.6) is 0 Å². The Bertz CT molecular complexity index is 508. The monoisotopic (exact) mass is 282 g/mol. The van der Waals surface area contributed by atoms with Crippen LogP contribution in [0.25, 0.3) is 0 Å². The maximum absolute atomic E-state index is 6.10. The highest BCUT2D eigenvalue weighted by molar-refractivity contribution is 7.16. The summed E-state index contributed by atoms with van der Waals surface area (Å²) in [7, 11) is 0. The molecular formula is C12H15ClN4S. The van der Waals surface area contributed by atoms with Gasteiger partial charge in [-0.25, -0.2) is 4.98 Å². The summed E-state index contributed by atoms with van der Waals surface area (Å²) in [5.41, 5.74) is 1.40. The van der Waals surface area contributed by atoms with Crippen LogP contribution < -0.4 is 5.32 Å². The molecule has 96 valence electrons. The Morgan fingerprint density at radius 3 is 3.33 bits per heavy atom. The highest BCUT2D eigenvalue weighted by atomic mass is 35.5. The Morgan fingerprint density at radius 2 is 2.50 bits per heavy atom. The lowest BCUT2D eigenvalue weighted by atomic mass is 9.94. The molecule has 0 fully saturated rings. The minimum absolute atomic E-state index is 0.445. The van der Waals surface area contributed by atoms with E-state index in [0.717, 1.165) is 23.1 Å². The van der Waals surface area contributed by atoms with Crippen molar-refractivity contribution in [2.75, 3.05) is 6.54 Å². The Labute approximate surface area is 115 Å². The van der Waals surface area contributed by atoms with Crippen molar-refractivity contribution < 1.29 is 0 Å². The molecule has 0 radical (unpaired) electrons. The third kappa shape index (κ3) is 2.58. The molecule has 4 nitrogen and oxygen atoms in total. The van der Waals surface area contributed by atoms with E-state index in [9.17, 15) is 0 Å². The number of thiophene rings is 1. The van der Waals surface area contributed by atoms with E-state index in [2.05, 4.69) is 26.6 Å². The number of fused-ring (bicyclic) bond motifs is 1. The highest BCUT2D eigenvalue weighted by Crippen LogP contribution is 2.37. The molecule has 2 heterocycles. The third-order valence-electron chi connectivity index (χ3n) is 3.30. The minimum Gasteiger partial charge on any atom is -0.309 e. The first-order valence-electron chi connectivity index (χ1n) is 6.18. The van der Waals surface area contributed by atoms with Gasteiger partial charge in [0.15, 0.2) is 0 Å². The molecule has 1 unspecified atom stereocenters. The van der Waals surface area contributed by atoms with Crippen molar-refractivity contribution in [1.29, 1.82) is 0 Å². The van der Waals surface area contributed by atoms with Gasteiger partial charge in [-0.2, -0.15) is 5.10 Å². The molecule has 0 saturated carbocycles. The number of aromatic amines is 1. The van der Waals surface area contributed by atoms with Crippen molar-refractivity contribution in [2.45, 2.75) is 31.7 Å². The van der Waals surface area contributed by atoms with E-state index in [1.807, 2.05) is 0 Å². The SMILES string of the molecule is Clc1cc2c(s1)CCCC2NCCc1ncn[nH]1. The molecule has 0 amide bonds. The summed E-state index contributed by atoms with van der Waals surface area (Å²) >= 11 is 7.82. The second-order valence-electron chi connectivity index (χ2n) is 4.51. The van der Waals surface area contributed by atoms with E-state index < -0.39 is 0 Å². The summed E-state index contributed by atoms with van der Waals surface area (Å²) in [5, 5.41) is 10.3. The summed E-state index contributed by atoms with van der Waals surface area (Å²) in [6.07, 6.45) is 6.03. The molecule has 1 aliphatic carbocycles. The standard InChI is InChI=1S/C12H15ClN4S/c13-11-6-8-9(2-1-3-10(8)18-11)14-5-4-12-15-7-16-17-12/h6-7,9,14H,1-5H2,(H,15,16,17). The van der Waals surface area contributed by atoms with Crippen LogP contribution in [0.3, 0.4) is 0 Å². The van der Waals surface area contributed by atoms with Gasteiger partial charge in [0.1, 0.15) is 12.2 Å². The Hall–Kier alpha value is -0.910. The van der Waals surface area contributed by atoms with Crippen LogP contribution in [0.2, 0.25) is 4.34 Å². The minimum atomic E-state index is 0.445. The number of aryl methyl sites for hydroxylation is 1. The summed E-state index contributed by atoms with van der Waals surface area (Å²) in [6.45, 7) is 0.909. The van der Waals surface area contributed by atoms with Crippen LogP contribution >= 0.6 is 22.9 Å². The molecule has 0 aromatic carbocycles. The Morgan fingerprint density at radius 1 is 1.56 bits per heavy atom. The van der Waals surface area contributed by atoms with E-state index in [-0.39, 0.29) is 0 Å². The van der Waals surface area contributed by atoms with E-state index in [4.69, 9.17) is 11.6 Å². The number of aromatic nitrogens is 3. The Balaban J connectivity index is 1.60. The van der Waals surface area contributed by atoms with Gasteiger partial charge in [0.2, 0.25) is 0 Å². The van der Waals surface area contributed by atoms with Crippen molar-refractivity contribution in [3.63, 3.8) is 0 Å². The van der Waals surface area contributed by atoms with Crippen LogP contribution in [-0.4, -0.2) is 21.7 Å². The van der Waals surface area contributed by atoms with Gasteiger partial charge in [-0.05, 0) is 30.9 Å². The molecule has 1 atom stereocenters. The molecule has 18 heavy (non-hydrogen) atoms. The van der Waals surface area contributed by atoms with Gasteiger partial charge in [0.05, 0.1) is 4.34 Å². The van der Waals surface area contributed by atoms with Crippen molar-refractivity contribution in [1.82, 2.24) is 20.5 Å². The van der Waals surface area contributed by atoms with Gasteiger partial charge >= 0.3 is 0 Å². The largest absolute Gasteiger partial charge is 0.309 e. The second-order valence-corrected chi connectivity index (χ2v) is 6.28. The first-order valence-corrected chi connectivity index (χ1v) is 7.38. The molecule has 6 heteroatoms. The number of H-pyrrole nitrogens is 1. The van der Waals surface area contributed by atoms with Gasteiger partial charge in [-0.15, -0.1) is 11.3 Å². The van der Waals surface area contributed by atoms with Crippen molar-refractivity contribution in [3.05, 3.63) is 33.0 Å². The quantitative estimate of drug-likeness (QED) is 0.907. The van der Waals surface area contributed by atoms with Gasteiger partial charge in [0, 0.05) is 23.9 Å².